The second-order valence-corrected chi connectivity index (χ2v) is 4.87. The Labute approximate surface area is 104 Å². The Kier molecular flexibility index (Phi) is 2.82. The van der Waals surface area contributed by atoms with Gasteiger partial charge in [-0.25, -0.2) is 9.97 Å². The zero-order chi connectivity index (χ0) is 12.6. The number of aromatic nitrogens is 2. The highest BCUT2D eigenvalue weighted by Gasteiger charge is 2.40. The number of carbonyl (C=O) groups excluding carboxylic acids is 1. The topological polar surface area (TPSA) is 98.1 Å². The van der Waals surface area contributed by atoms with Crippen molar-refractivity contribution in [1.82, 2.24) is 9.97 Å². The molecule has 1 aliphatic heterocycles. The Hall–Kier alpha value is -1.56. The Morgan fingerprint density at radius 2 is 2.29 bits per heavy atom. The van der Waals surface area contributed by atoms with Gasteiger partial charge >= 0.3 is 0 Å². The largest absolute Gasteiger partial charge is 0.382 e. The van der Waals surface area contributed by atoms with Crippen molar-refractivity contribution < 1.29 is 4.79 Å². The highest BCUT2D eigenvalue weighted by Crippen LogP contribution is 2.35. The molecule has 1 atom stereocenters. The van der Waals surface area contributed by atoms with Crippen molar-refractivity contribution in [2.24, 2.45) is 11.1 Å². The van der Waals surface area contributed by atoms with E-state index < -0.39 is 5.41 Å². The lowest BCUT2D eigenvalue weighted by atomic mass is 9.89. The fourth-order valence-electron chi connectivity index (χ4n) is 1.94. The maximum absolute atomic E-state index is 11.4. The van der Waals surface area contributed by atoms with Gasteiger partial charge in [0.05, 0.1) is 5.41 Å². The van der Waals surface area contributed by atoms with Gasteiger partial charge in [0, 0.05) is 13.1 Å². The number of nitrogen functional groups attached to an aromatic ring is 1. The molecule has 4 N–H and O–H groups in total. The molecule has 0 radical (unpaired) electrons. The summed E-state index contributed by atoms with van der Waals surface area (Å²) >= 11 is 6.04. The molecular formula is C10H14ClN5O. The summed E-state index contributed by atoms with van der Waals surface area (Å²) in [5, 5.41) is 0.321. The van der Waals surface area contributed by atoms with E-state index >= 15 is 0 Å². The van der Waals surface area contributed by atoms with Crippen LogP contribution in [0.1, 0.15) is 13.3 Å². The molecule has 0 bridgehead atoms. The molecule has 0 aromatic carbocycles. The zero-order valence-corrected chi connectivity index (χ0v) is 10.2. The summed E-state index contributed by atoms with van der Waals surface area (Å²) in [5.41, 5.74) is 10.5. The second kappa shape index (κ2) is 4.03. The van der Waals surface area contributed by atoms with E-state index in [-0.39, 0.29) is 11.7 Å². The van der Waals surface area contributed by atoms with E-state index in [1.54, 1.807) is 0 Å². The summed E-state index contributed by atoms with van der Waals surface area (Å²) in [6.45, 7) is 3.02. The van der Waals surface area contributed by atoms with Crippen LogP contribution in [0.3, 0.4) is 0 Å². The number of halogens is 1. The van der Waals surface area contributed by atoms with Gasteiger partial charge in [0.2, 0.25) is 5.91 Å². The second-order valence-electron chi connectivity index (χ2n) is 4.49. The number of carbonyl (C=O) groups is 1. The molecule has 0 aliphatic carbocycles. The van der Waals surface area contributed by atoms with Gasteiger partial charge in [-0.15, -0.1) is 0 Å². The van der Waals surface area contributed by atoms with E-state index in [9.17, 15) is 4.79 Å². The minimum atomic E-state index is -0.539. The van der Waals surface area contributed by atoms with Crippen LogP contribution in [0.15, 0.2) is 6.33 Å². The van der Waals surface area contributed by atoms with Gasteiger partial charge in [-0.05, 0) is 13.3 Å². The van der Waals surface area contributed by atoms with Crippen molar-refractivity contribution in [1.29, 1.82) is 0 Å². The zero-order valence-electron chi connectivity index (χ0n) is 9.48. The highest BCUT2D eigenvalue weighted by molar-refractivity contribution is 6.35. The van der Waals surface area contributed by atoms with Crippen LogP contribution in [-0.4, -0.2) is 29.0 Å². The summed E-state index contributed by atoms with van der Waals surface area (Å²) in [5.74, 6) is 0.492. The molecule has 1 aliphatic rings. The first-order valence-corrected chi connectivity index (χ1v) is 5.63. The third-order valence-corrected chi connectivity index (χ3v) is 3.53. The number of nitrogens with two attached hydrogens (primary N) is 2. The molecule has 7 heteroatoms. The van der Waals surface area contributed by atoms with Gasteiger partial charge < -0.3 is 16.4 Å². The first-order valence-electron chi connectivity index (χ1n) is 5.25. The van der Waals surface area contributed by atoms with Crippen molar-refractivity contribution in [3.8, 4) is 0 Å². The molecular weight excluding hydrogens is 242 g/mol. The lowest BCUT2D eigenvalue weighted by molar-refractivity contribution is -0.125. The van der Waals surface area contributed by atoms with Crippen LogP contribution in [0.2, 0.25) is 5.02 Å². The maximum atomic E-state index is 11.4. The van der Waals surface area contributed by atoms with Crippen molar-refractivity contribution in [3.63, 3.8) is 0 Å². The molecule has 1 saturated heterocycles. The van der Waals surface area contributed by atoms with E-state index in [2.05, 4.69) is 9.97 Å². The molecule has 1 fully saturated rings. The van der Waals surface area contributed by atoms with E-state index in [4.69, 9.17) is 23.1 Å². The molecule has 1 unspecified atom stereocenters. The van der Waals surface area contributed by atoms with Crippen LogP contribution in [0.25, 0.3) is 0 Å². The van der Waals surface area contributed by atoms with Gasteiger partial charge in [-0.1, -0.05) is 11.6 Å². The molecule has 1 amide bonds. The molecule has 2 rings (SSSR count). The van der Waals surface area contributed by atoms with Crippen LogP contribution < -0.4 is 16.4 Å². The first kappa shape index (κ1) is 11.9. The fourth-order valence-corrected chi connectivity index (χ4v) is 2.15. The monoisotopic (exact) mass is 255 g/mol. The third kappa shape index (κ3) is 2.00. The van der Waals surface area contributed by atoms with E-state index in [1.165, 1.54) is 6.33 Å². The number of primary amides is 1. The minimum absolute atomic E-state index is 0.240. The standard InChI is InChI=1S/C10H14ClN5O/c1-10(9(13)17)2-3-16(4-10)8-6(11)7(12)14-5-15-8/h5H,2-4H2,1H3,(H2,13,17)(H2,12,14,15). The van der Waals surface area contributed by atoms with Gasteiger partial charge in [0.25, 0.3) is 0 Å². The number of anilines is 2. The molecule has 92 valence electrons. The first-order chi connectivity index (χ1) is 7.94. The van der Waals surface area contributed by atoms with E-state index in [0.29, 0.717) is 30.4 Å². The van der Waals surface area contributed by atoms with Crippen LogP contribution in [0.5, 0.6) is 0 Å². The molecule has 0 saturated carbocycles. The quantitative estimate of drug-likeness (QED) is 0.798. The highest BCUT2D eigenvalue weighted by atomic mass is 35.5. The Morgan fingerprint density at radius 3 is 2.88 bits per heavy atom. The van der Waals surface area contributed by atoms with Crippen molar-refractivity contribution in [2.75, 3.05) is 23.7 Å². The molecule has 0 spiro atoms. The van der Waals surface area contributed by atoms with Gasteiger partial charge in [0.15, 0.2) is 5.82 Å². The Morgan fingerprint density at radius 1 is 1.59 bits per heavy atom. The Bertz CT molecular complexity index is 466. The van der Waals surface area contributed by atoms with Crippen molar-refractivity contribution in [3.05, 3.63) is 11.3 Å². The number of amides is 1. The summed E-state index contributed by atoms with van der Waals surface area (Å²) < 4.78 is 0. The summed E-state index contributed by atoms with van der Waals surface area (Å²) in [6, 6.07) is 0. The molecule has 6 nitrogen and oxygen atoms in total. The molecule has 1 aromatic heterocycles. The number of rotatable bonds is 2. The van der Waals surface area contributed by atoms with Crippen LogP contribution >= 0.6 is 11.6 Å². The van der Waals surface area contributed by atoms with Gasteiger partial charge in [-0.3, -0.25) is 4.79 Å². The average Bonchev–Trinajstić information content (AvgIpc) is 2.66. The molecule has 2 heterocycles. The smallest absolute Gasteiger partial charge is 0.225 e. The van der Waals surface area contributed by atoms with Crippen LogP contribution in [0, 0.1) is 5.41 Å². The third-order valence-electron chi connectivity index (χ3n) is 3.17. The lowest BCUT2D eigenvalue weighted by Gasteiger charge is -2.22. The molecule has 17 heavy (non-hydrogen) atoms. The number of hydrogen-bond donors (Lipinski definition) is 2. The van der Waals surface area contributed by atoms with E-state index in [0.717, 1.165) is 0 Å². The van der Waals surface area contributed by atoms with Gasteiger partial charge in [0.1, 0.15) is 17.2 Å². The van der Waals surface area contributed by atoms with E-state index in [1.807, 2.05) is 11.8 Å². The minimum Gasteiger partial charge on any atom is -0.382 e. The van der Waals surface area contributed by atoms with Crippen molar-refractivity contribution in [2.45, 2.75) is 13.3 Å². The van der Waals surface area contributed by atoms with Crippen LogP contribution in [0.4, 0.5) is 11.6 Å². The fraction of sp³-hybridized carbons (Fsp3) is 0.500. The van der Waals surface area contributed by atoms with Crippen LogP contribution in [-0.2, 0) is 4.79 Å². The summed E-state index contributed by atoms with van der Waals surface area (Å²) in [6.07, 6.45) is 2.04. The van der Waals surface area contributed by atoms with Gasteiger partial charge in [-0.2, -0.15) is 0 Å². The summed E-state index contributed by atoms with van der Waals surface area (Å²) in [4.78, 5) is 21.2. The normalized spacial score (nSPS) is 24.0. The maximum Gasteiger partial charge on any atom is 0.225 e. The predicted octanol–water partition coefficient (Wildman–Crippen LogP) is 0.414. The Balaban J connectivity index is 2.27. The predicted molar refractivity (Wildman–Crippen MR) is 65.6 cm³/mol. The SMILES string of the molecule is CC1(C(N)=O)CCN(c2ncnc(N)c2Cl)C1. The van der Waals surface area contributed by atoms with Crippen molar-refractivity contribution >= 4 is 29.1 Å². The number of hydrogen-bond acceptors (Lipinski definition) is 5. The lowest BCUT2D eigenvalue weighted by Crippen LogP contribution is -2.37. The molecule has 1 aromatic rings. The average molecular weight is 256 g/mol. The summed E-state index contributed by atoms with van der Waals surface area (Å²) in [7, 11) is 0. The number of nitrogens with zero attached hydrogens (tertiary/aromatic N) is 3.